The number of halogens is 1. The number of nitrogens with one attached hydrogen (secondary N) is 2. The van der Waals surface area contributed by atoms with E-state index in [0.717, 1.165) is 90.7 Å². The summed E-state index contributed by atoms with van der Waals surface area (Å²) in [5.74, 6) is 1.56. The molecule has 0 amide bonds. The second kappa shape index (κ2) is 18.8. The van der Waals surface area contributed by atoms with Crippen molar-refractivity contribution in [2.45, 2.75) is 45.6 Å². The molecule has 1 aliphatic heterocycles. The molecule has 1 fully saturated rings. The van der Waals surface area contributed by atoms with Gasteiger partial charge in [0, 0.05) is 52.7 Å². The van der Waals surface area contributed by atoms with Crippen molar-refractivity contribution < 1.29 is 14.2 Å². The second-order valence-electron chi connectivity index (χ2n) is 7.42. The number of nitrogens with zero attached hydrogens (tertiary/aromatic N) is 1. The highest BCUT2D eigenvalue weighted by Crippen LogP contribution is 2.14. The Morgan fingerprint density at radius 3 is 2.57 bits per heavy atom. The largest absolute Gasteiger partial charge is 0.381 e. The lowest BCUT2D eigenvalue weighted by atomic mass is 10.0. The van der Waals surface area contributed by atoms with Crippen LogP contribution >= 0.6 is 24.0 Å². The van der Waals surface area contributed by atoms with Crippen molar-refractivity contribution in [1.82, 2.24) is 10.6 Å². The lowest BCUT2D eigenvalue weighted by molar-refractivity contribution is 0.0205. The van der Waals surface area contributed by atoms with Crippen molar-refractivity contribution in [2.75, 3.05) is 52.7 Å². The molecule has 1 saturated heterocycles. The summed E-state index contributed by atoms with van der Waals surface area (Å²) in [6, 6.07) is 10.3. The monoisotopic (exact) mass is 533 g/mol. The summed E-state index contributed by atoms with van der Waals surface area (Å²) < 4.78 is 16.9. The normalized spacial score (nSPS) is 14.9. The Balaban J connectivity index is 0.00000450. The van der Waals surface area contributed by atoms with E-state index >= 15 is 0 Å². The average Bonchev–Trinajstić information content (AvgIpc) is 2.76. The van der Waals surface area contributed by atoms with Gasteiger partial charge in [0.1, 0.15) is 0 Å². The number of ether oxygens (including phenoxy) is 3. The van der Waals surface area contributed by atoms with Gasteiger partial charge in [-0.1, -0.05) is 30.3 Å². The van der Waals surface area contributed by atoms with Crippen LogP contribution in [-0.4, -0.2) is 58.6 Å². The van der Waals surface area contributed by atoms with Crippen molar-refractivity contribution >= 4 is 29.9 Å². The van der Waals surface area contributed by atoms with Crippen molar-refractivity contribution in [3.05, 3.63) is 35.9 Å². The lowest BCUT2D eigenvalue weighted by Gasteiger charge is -2.21. The van der Waals surface area contributed by atoms with Crippen LogP contribution in [-0.2, 0) is 20.8 Å². The number of guanidine groups is 1. The van der Waals surface area contributed by atoms with Crippen LogP contribution < -0.4 is 10.6 Å². The van der Waals surface area contributed by atoms with E-state index in [-0.39, 0.29) is 24.0 Å². The predicted octanol–water partition coefficient (Wildman–Crippen LogP) is 3.99. The van der Waals surface area contributed by atoms with E-state index in [1.54, 1.807) is 0 Å². The Morgan fingerprint density at radius 2 is 1.80 bits per heavy atom. The van der Waals surface area contributed by atoms with Crippen molar-refractivity contribution in [1.29, 1.82) is 0 Å². The van der Waals surface area contributed by atoms with Gasteiger partial charge in [0.15, 0.2) is 5.96 Å². The Labute approximate surface area is 199 Å². The Kier molecular flexibility index (Phi) is 17.0. The van der Waals surface area contributed by atoms with Gasteiger partial charge in [-0.2, -0.15) is 0 Å². The molecule has 2 N–H and O–H groups in total. The summed E-state index contributed by atoms with van der Waals surface area (Å²) in [5.41, 5.74) is 1.23. The van der Waals surface area contributed by atoms with E-state index in [4.69, 9.17) is 14.2 Å². The molecular weight excluding hydrogens is 493 g/mol. The van der Waals surface area contributed by atoms with Crippen LogP contribution in [0.25, 0.3) is 0 Å². The second-order valence-corrected chi connectivity index (χ2v) is 7.42. The molecule has 1 aliphatic rings. The summed E-state index contributed by atoms with van der Waals surface area (Å²) in [4.78, 5) is 4.63. The molecule has 0 aliphatic carbocycles. The zero-order chi connectivity index (χ0) is 20.4. The van der Waals surface area contributed by atoms with Crippen LogP contribution in [0.2, 0.25) is 0 Å². The van der Waals surface area contributed by atoms with Gasteiger partial charge in [0.25, 0.3) is 0 Å². The lowest BCUT2D eigenvalue weighted by Crippen LogP contribution is -2.38. The number of aliphatic imine (C=N–C) groups is 1. The molecule has 0 saturated carbocycles. The van der Waals surface area contributed by atoms with E-state index < -0.39 is 0 Å². The summed E-state index contributed by atoms with van der Waals surface area (Å²) in [6.45, 7) is 9.52. The first-order chi connectivity index (χ1) is 14.4. The first-order valence-electron chi connectivity index (χ1n) is 11.2. The van der Waals surface area contributed by atoms with Crippen LogP contribution in [0.4, 0.5) is 0 Å². The van der Waals surface area contributed by atoms with Gasteiger partial charge in [0.2, 0.25) is 0 Å². The van der Waals surface area contributed by atoms with Crippen LogP contribution in [0.15, 0.2) is 35.3 Å². The quantitative estimate of drug-likeness (QED) is 0.164. The van der Waals surface area contributed by atoms with Crippen molar-refractivity contribution in [2.24, 2.45) is 10.9 Å². The molecule has 0 atom stereocenters. The maximum atomic E-state index is 5.80. The molecule has 1 heterocycles. The SMILES string of the molecule is CCNC(=NCCCOCC1CCOCC1)NCCCCOCc1ccccc1.I. The Bertz CT molecular complexity index is 540. The fraction of sp³-hybridized carbons (Fsp3) is 0.696. The summed E-state index contributed by atoms with van der Waals surface area (Å²) >= 11 is 0. The van der Waals surface area contributed by atoms with Gasteiger partial charge in [0.05, 0.1) is 6.61 Å². The Hall–Kier alpha value is -0.900. The van der Waals surface area contributed by atoms with E-state index in [9.17, 15) is 0 Å². The van der Waals surface area contributed by atoms with E-state index in [2.05, 4.69) is 34.7 Å². The number of rotatable bonds is 14. The maximum Gasteiger partial charge on any atom is 0.191 e. The molecule has 2 rings (SSSR count). The van der Waals surface area contributed by atoms with Gasteiger partial charge in [-0.3, -0.25) is 4.99 Å². The van der Waals surface area contributed by atoms with Crippen molar-refractivity contribution in [3.8, 4) is 0 Å². The fourth-order valence-corrected chi connectivity index (χ4v) is 3.16. The third-order valence-electron chi connectivity index (χ3n) is 4.87. The standard InChI is InChI=1S/C23H39N3O3.HI/c1-2-24-23(26-14-8-16-29-20-22-11-17-27-18-12-22)25-13-6-7-15-28-19-21-9-4-3-5-10-21;/h3-5,9-10,22H,2,6-8,11-20H2,1H3,(H2,24,25,26);1H. The molecular formula is C23H40IN3O3. The van der Waals surface area contributed by atoms with Crippen LogP contribution in [0.1, 0.15) is 44.6 Å². The van der Waals surface area contributed by atoms with Crippen LogP contribution in [0, 0.1) is 5.92 Å². The Morgan fingerprint density at radius 1 is 1.03 bits per heavy atom. The first kappa shape index (κ1) is 27.1. The summed E-state index contributed by atoms with van der Waals surface area (Å²) in [7, 11) is 0. The van der Waals surface area contributed by atoms with E-state index in [1.165, 1.54) is 5.56 Å². The predicted molar refractivity (Wildman–Crippen MR) is 134 cm³/mol. The number of benzene rings is 1. The average molecular weight is 533 g/mol. The van der Waals surface area contributed by atoms with Gasteiger partial charge in [-0.15, -0.1) is 24.0 Å². The first-order valence-corrected chi connectivity index (χ1v) is 11.2. The molecule has 30 heavy (non-hydrogen) atoms. The number of hydrogen-bond acceptors (Lipinski definition) is 4. The van der Waals surface area contributed by atoms with Crippen LogP contribution in [0.3, 0.4) is 0 Å². The molecule has 0 aromatic heterocycles. The van der Waals surface area contributed by atoms with Gasteiger partial charge >= 0.3 is 0 Å². The summed E-state index contributed by atoms with van der Waals surface area (Å²) in [6.07, 6.45) is 5.31. The molecule has 0 radical (unpaired) electrons. The van der Waals surface area contributed by atoms with Gasteiger partial charge in [-0.05, 0) is 50.5 Å². The molecule has 0 unspecified atom stereocenters. The number of unbranched alkanes of at least 4 members (excludes halogenated alkanes) is 1. The zero-order valence-electron chi connectivity index (χ0n) is 18.4. The minimum Gasteiger partial charge on any atom is -0.381 e. The minimum atomic E-state index is 0. The number of hydrogen-bond donors (Lipinski definition) is 2. The van der Waals surface area contributed by atoms with E-state index in [1.807, 2.05) is 18.2 Å². The van der Waals surface area contributed by atoms with Crippen molar-refractivity contribution in [3.63, 3.8) is 0 Å². The third kappa shape index (κ3) is 13.4. The highest BCUT2D eigenvalue weighted by molar-refractivity contribution is 14.0. The molecule has 1 aromatic carbocycles. The summed E-state index contributed by atoms with van der Waals surface area (Å²) in [5, 5.41) is 6.70. The van der Waals surface area contributed by atoms with Gasteiger partial charge < -0.3 is 24.8 Å². The molecule has 0 bridgehead atoms. The molecule has 7 heteroatoms. The molecule has 0 spiro atoms. The van der Waals surface area contributed by atoms with Gasteiger partial charge in [-0.25, -0.2) is 0 Å². The molecule has 6 nitrogen and oxygen atoms in total. The fourth-order valence-electron chi connectivity index (χ4n) is 3.16. The smallest absolute Gasteiger partial charge is 0.191 e. The molecule has 172 valence electrons. The molecule has 1 aromatic rings. The zero-order valence-corrected chi connectivity index (χ0v) is 20.8. The third-order valence-corrected chi connectivity index (χ3v) is 4.87. The maximum absolute atomic E-state index is 5.80. The highest BCUT2D eigenvalue weighted by atomic mass is 127. The highest BCUT2D eigenvalue weighted by Gasteiger charge is 2.13. The minimum absolute atomic E-state index is 0. The topological polar surface area (TPSA) is 64.1 Å². The van der Waals surface area contributed by atoms with E-state index in [0.29, 0.717) is 12.5 Å². The van der Waals surface area contributed by atoms with Crippen LogP contribution in [0.5, 0.6) is 0 Å².